The minimum absolute atomic E-state index is 0.592. The van der Waals surface area contributed by atoms with Crippen molar-refractivity contribution in [2.24, 2.45) is 0 Å². The molecule has 2 aromatic carbocycles. The smallest absolute Gasteiger partial charge is 0.0408 e. The van der Waals surface area contributed by atoms with Crippen molar-refractivity contribution in [3.63, 3.8) is 0 Å². The van der Waals surface area contributed by atoms with E-state index in [-0.39, 0.29) is 0 Å². The van der Waals surface area contributed by atoms with E-state index in [1.807, 2.05) is 30.1 Å². The Kier molecular flexibility index (Phi) is 11.4. The molecule has 4 rings (SSSR count). The summed E-state index contributed by atoms with van der Waals surface area (Å²) in [6.45, 7) is 13.6. The van der Waals surface area contributed by atoms with Gasteiger partial charge >= 0.3 is 0 Å². The van der Waals surface area contributed by atoms with E-state index in [4.69, 9.17) is 11.6 Å². The van der Waals surface area contributed by atoms with Crippen LogP contribution in [0.5, 0.6) is 0 Å². The molecule has 37 heavy (non-hydrogen) atoms. The summed E-state index contributed by atoms with van der Waals surface area (Å²) in [6.07, 6.45) is 4.71. The molecule has 0 bridgehead atoms. The van der Waals surface area contributed by atoms with Crippen LogP contribution in [0.3, 0.4) is 0 Å². The molecule has 204 valence electrons. The van der Waals surface area contributed by atoms with Gasteiger partial charge in [0.1, 0.15) is 0 Å². The first-order valence-electron chi connectivity index (χ1n) is 13.8. The van der Waals surface area contributed by atoms with Crippen LogP contribution in [0.1, 0.15) is 44.2 Å². The minimum atomic E-state index is 0.592. The maximum absolute atomic E-state index is 6.23. The van der Waals surface area contributed by atoms with E-state index in [9.17, 15) is 0 Å². The predicted molar refractivity (Wildman–Crippen MR) is 163 cm³/mol. The second-order valence-electron chi connectivity index (χ2n) is 10.6. The average Bonchev–Trinajstić information content (AvgIpc) is 2.86. The molecule has 0 N–H and O–H groups in total. The lowest BCUT2D eigenvalue weighted by Crippen LogP contribution is -2.37. The van der Waals surface area contributed by atoms with Gasteiger partial charge in [-0.15, -0.1) is 0 Å². The molecule has 0 aromatic heterocycles. The van der Waals surface area contributed by atoms with Crippen molar-refractivity contribution < 1.29 is 0 Å². The third-order valence-electron chi connectivity index (χ3n) is 7.22. The van der Waals surface area contributed by atoms with Crippen LogP contribution in [0.25, 0.3) is 0 Å². The van der Waals surface area contributed by atoms with Gasteiger partial charge in [0, 0.05) is 87.1 Å². The highest BCUT2D eigenvalue weighted by Gasteiger charge is 2.21. The molecule has 0 saturated carbocycles. The number of anilines is 1. The van der Waals surface area contributed by atoms with Crippen LogP contribution in [0.15, 0.2) is 47.4 Å². The molecule has 0 unspecified atom stereocenters. The zero-order valence-electron chi connectivity index (χ0n) is 23.0. The highest BCUT2D eigenvalue weighted by Crippen LogP contribution is 2.29. The molecule has 2 aliphatic heterocycles. The fourth-order valence-corrected chi connectivity index (χ4v) is 7.34. The van der Waals surface area contributed by atoms with Crippen molar-refractivity contribution in [1.82, 2.24) is 17.8 Å². The summed E-state index contributed by atoms with van der Waals surface area (Å²) in [5.74, 6) is 0. The zero-order valence-corrected chi connectivity index (χ0v) is 25.4. The summed E-state index contributed by atoms with van der Waals surface area (Å²) < 4.78 is 7.76. The zero-order chi connectivity index (χ0) is 26.2. The van der Waals surface area contributed by atoms with E-state index >= 15 is 0 Å². The summed E-state index contributed by atoms with van der Waals surface area (Å²) in [7, 11) is 4.20. The quantitative estimate of drug-likeness (QED) is 0.368. The molecule has 0 atom stereocenters. The predicted octanol–water partition coefficient (Wildman–Crippen LogP) is 6.53. The first-order chi connectivity index (χ1) is 17.9. The van der Waals surface area contributed by atoms with Crippen LogP contribution in [-0.4, -0.2) is 83.8 Å². The first-order valence-corrected chi connectivity index (χ1v) is 15.6. The second-order valence-corrected chi connectivity index (χ2v) is 13.4. The van der Waals surface area contributed by atoms with Gasteiger partial charge in [0.25, 0.3) is 0 Å². The van der Waals surface area contributed by atoms with Crippen LogP contribution >= 0.6 is 35.7 Å². The molecule has 2 aromatic rings. The first kappa shape index (κ1) is 29.1. The van der Waals surface area contributed by atoms with Gasteiger partial charge in [-0.05, 0) is 112 Å². The lowest BCUT2D eigenvalue weighted by atomic mass is 10.0. The largest absolute Gasteiger partial charge is 0.378 e. The Bertz CT molecular complexity index is 971. The van der Waals surface area contributed by atoms with Gasteiger partial charge < -0.3 is 9.80 Å². The summed E-state index contributed by atoms with van der Waals surface area (Å²) in [4.78, 5) is 6.16. The van der Waals surface area contributed by atoms with Gasteiger partial charge in [0.15, 0.2) is 0 Å². The molecule has 0 radical (unpaired) electrons. The number of rotatable bonds is 6. The van der Waals surface area contributed by atoms with Gasteiger partial charge in [-0.3, -0.25) is 0 Å². The molecular weight excluding hydrogens is 518 g/mol. The maximum atomic E-state index is 6.23. The number of benzene rings is 2. The van der Waals surface area contributed by atoms with E-state index in [2.05, 4.69) is 87.1 Å². The van der Waals surface area contributed by atoms with Gasteiger partial charge in [0.2, 0.25) is 0 Å². The fourth-order valence-electron chi connectivity index (χ4n) is 5.03. The van der Waals surface area contributed by atoms with Crippen LogP contribution in [0.4, 0.5) is 5.69 Å². The topological polar surface area (TPSA) is 16.2 Å². The van der Waals surface area contributed by atoms with Crippen molar-refractivity contribution in [3.05, 3.63) is 58.6 Å². The Morgan fingerprint density at radius 3 is 2.05 bits per heavy atom. The SMILES string of the molecule is CC(C)N1CCCN(Sc2ccc(N(C)C)cc2)CCCN(SN2CCc3cc(Cl)ccc3C2)CCC1. The van der Waals surface area contributed by atoms with Crippen molar-refractivity contribution in [2.45, 2.75) is 57.0 Å². The van der Waals surface area contributed by atoms with Crippen LogP contribution in [0.2, 0.25) is 5.02 Å². The molecule has 8 heteroatoms. The highest BCUT2D eigenvalue weighted by molar-refractivity contribution is 7.97. The number of hydrogen-bond acceptors (Lipinski definition) is 7. The summed E-state index contributed by atoms with van der Waals surface area (Å²) in [5, 5.41) is 0.855. The van der Waals surface area contributed by atoms with E-state index < -0.39 is 0 Å². The molecular formula is C29H44ClN5S2. The Hall–Kier alpha value is -0.930. The van der Waals surface area contributed by atoms with Crippen molar-refractivity contribution in [3.8, 4) is 0 Å². The van der Waals surface area contributed by atoms with E-state index in [1.54, 1.807) is 0 Å². The third kappa shape index (κ3) is 9.06. The van der Waals surface area contributed by atoms with Crippen LogP contribution in [0, 0.1) is 0 Å². The van der Waals surface area contributed by atoms with Crippen molar-refractivity contribution >= 4 is 41.4 Å². The molecule has 0 spiro atoms. The Morgan fingerprint density at radius 1 is 0.757 bits per heavy atom. The van der Waals surface area contributed by atoms with Gasteiger partial charge in [0.05, 0.1) is 0 Å². The number of halogens is 1. The van der Waals surface area contributed by atoms with Gasteiger partial charge in [-0.25, -0.2) is 12.9 Å². The molecule has 5 nitrogen and oxygen atoms in total. The van der Waals surface area contributed by atoms with E-state index in [0.29, 0.717) is 6.04 Å². The van der Waals surface area contributed by atoms with Crippen molar-refractivity contribution in [2.75, 3.05) is 64.8 Å². The number of hydrogen-bond donors (Lipinski definition) is 0. The Morgan fingerprint density at radius 2 is 1.41 bits per heavy atom. The van der Waals surface area contributed by atoms with Gasteiger partial charge in [-0.2, -0.15) is 0 Å². The molecule has 2 aliphatic rings. The minimum Gasteiger partial charge on any atom is -0.378 e. The lowest BCUT2D eigenvalue weighted by Gasteiger charge is -2.34. The van der Waals surface area contributed by atoms with Crippen LogP contribution in [-0.2, 0) is 13.0 Å². The normalized spacial score (nSPS) is 19.8. The standard InChI is InChI=1S/C29H44ClN5S2/c1-24(2)32-15-5-17-33(36-29-12-10-28(11-13-29)31(3)4)18-7-20-34(19-6-16-32)37-35-21-14-25-22-27(30)9-8-26(25)23-35/h8-13,22,24H,5-7,14-21,23H2,1-4H3. The fraction of sp³-hybridized carbons (Fsp3) is 0.586. The summed E-state index contributed by atoms with van der Waals surface area (Å²) in [5.41, 5.74) is 4.09. The van der Waals surface area contributed by atoms with Crippen molar-refractivity contribution in [1.29, 1.82) is 0 Å². The average molecular weight is 562 g/mol. The summed E-state index contributed by atoms with van der Waals surface area (Å²) >= 11 is 10.1. The monoisotopic (exact) mass is 561 g/mol. The number of fused-ring (bicyclic) bond motifs is 1. The molecule has 0 aliphatic carbocycles. The Labute approximate surface area is 238 Å². The lowest BCUT2D eigenvalue weighted by molar-refractivity contribution is 0.201. The number of nitrogens with zero attached hydrogens (tertiary/aromatic N) is 5. The van der Waals surface area contributed by atoms with E-state index in [0.717, 1.165) is 50.7 Å². The molecule has 0 amide bonds. The second kappa shape index (κ2) is 14.5. The van der Waals surface area contributed by atoms with Crippen LogP contribution < -0.4 is 4.90 Å². The maximum Gasteiger partial charge on any atom is 0.0408 e. The highest BCUT2D eigenvalue weighted by atomic mass is 35.5. The molecule has 1 fully saturated rings. The molecule has 2 heterocycles. The third-order valence-corrected chi connectivity index (χ3v) is 9.70. The van der Waals surface area contributed by atoms with E-state index in [1.165, 1.54) is 54.1 Å². The summed E-state index contributed by atoms with van der Waals surface area (Å²) in [6, 6.07) is 16.0. The Balaban J connectivity index is 1.38. The molecule has 1 saturated heterocycles. The van der Waals surface area contributed by atoms with Gasteiger partial charge in [-0.1, -0.05) is 17.7 Å².